The number of nitrogens with one attached hydrogen (secondary N) is 3. The minimum absolute atomic E-state index is 0.219. The summed E-state index contributed by atoms with van der Waals surface area (Å²) >= 11 is 6.00. The van der Waals surface area contributed by atoms with E-state index in [9.17, 15) is 14.4 Å². The maximum atomic E-state index is 13.3. The van der Waals surface area contributed by atoms with Crippen LogP contribution in [-0.4, -0.2) is 34.8 Å². The summed E-state index contributed by atoms with van der Waals surface area (Å²) in [6.45, 7) is 1.58. The van der Waals surface area contributed by atoms with E-state index in [2.05, 4.69) is 20.9 Å². The van der Waals surface area contributed by atoms with Crippen LogP contribution in [0.25, 0.3) is 10.8 Å². The third-order valence-electron chi connectivity index (χ3n) is 5.69. The number of carbonyl (C=O) groups is 3. The molecule has 1 unspecified atom stereocenters. The van der Waals surface area contributed by atoms with Crippen molar-refractivity contribution in [2.75, 3.05) is 5.32 Å². The number of fused-ring (bicyclic) bond motifs is 1. The minimum Gasteiger partial charge on any atom is -0.343 e. The number of hydrogen-bond donors (Lipinski definition) is 3. The molecular weight excluding hydrogens is 476 g/mol. The van der Waals surface area contributed by atoms with Gasteiger partial charge in [0.15, 0.2) is 0 Å². The van der Waals surface area contributed by atoms with Gasteiger partial charge >= 0.3 is 0 Å². The van der Waals surface area contributed by atoms with Gasteiger partial charge in [0, 0.05) is 23.2 Å². The molecule has 3 amide bonds. The molecule has 182 valence electrons. The van der Waals surface area contributed by atoms with Crippen LogP contribution in [0.1, 0.15) is 22.8 Å². The standard InChI is InChI=1S/C28H25ClN4O3/c1-18(26(34)32-22-8-5-15-30-17-22)31-28(36)25(16-19-11-13-21(29)14-12-19)33-27(35)24-10-4-7-20-6-2-3-9-23(20)24/h2-15,17-18,25H,16H2,1H3,(H,31,36)(H,32,34)(H,33,35)/t18?,25-/m1/s1. The molecule has 4 rings (SSSR count). The Kier molecular flexibility index (Phi) is 7.92. The van der Waals surface area contributed by atoms with Crippen LogP contribution in [0, 0.1) is 0 Å². The number of anilines is 1. The highest BCUT2D eigenvalue weighted by Gasteiger charge is 2.26. The van der Waals surface area contributed by atoms with Gasteiger partial charge in [-0.1, -0.05) is 60.1 Å². The Morgan fingerprint density at radius 2 is 1.61 bits per heavy atom. The lowest BCUT2D eigenvalue weighted by atomic mass is 10.0. The topological polar surface area (TPSA) is 100 Å². The summed E-state index contributed by atoms with van der Waals surface area (Å²) in [7, 11) is 0. The Labute approximate surface area is 213 Å². The SMILES string of the molecule is CC(NC(=O)[C@@H](Cc1ccc(Cl)cc1)NC(=O)c1cccc2ccccc12)C(=O)Nc1cccnc1. The highest BCUT2D eigenvalue weighted by atomic mass is 35.5. The average molecular weight is 501 g/mol. The Morgan fingerprint density at radius 3 is 2.36 bits per heavy atom. The largest absolute Gasteiger partial charge is 0.343 e. The molecule has 36 heavy (non-hydrogen) atoms. The maximum absolute atomic E-state index is 13.3. The molecule has 1 aromatic heterocycles. The van der Waals surface area contributed by atoms with Crippen molar-refractivity contribution in [2.45, 2.75) is 25.4 Å². The first-order valence-corrected chi connectivity index (χ1v) is 11.8. The van der Waals surface area contributed by atoms with Crippen LogP contribution in [0.4, 0.5) is 5.69 Å². The van der Waals surface area contributed by atoms with E-state index in [-0.39, 0.29) is 12.3 Å². The van der Waals surface area contributed by atoms with E-state index in [0.29, 0.717) is 16.3 Å². The van der Waals surface area contributed by atoms with Crippen LogP contribution < -0.4 is 16.0 Å². The van der Waals surface area contributed by atoms with Crippen molar-refractivity contribution in [2.24, 2.45) is 0 Å². The van der Waals surface area contributed by atoms with E-state index < -0.39 is 23.9 Å². The molecule has 0 aliphatic carbocycles. The molecule has 3 aromatic carbocycles. The normalized spacial score (nSPS) is 12.4. The summed E-state index contributed by atoms with van der Waals surface area (Å²) in [5, 5.41) is 10.6. The number of rotatable bonds is 8. The molecule has 2 atom stereocenters. The number of halogens is 1. The number of amides is 3. The van der Waals surface area contributed by atoms with Gasteiger partial charge in [-0.05, 0) is 53.6 Å². The Morgan fingerprint density at radius 1 is 0.861 bits per heavy atom. The van der Waals surface area contributed by atoms with Gasteiger partial charge in [-0.2, -0.15) is 0 Å². The van der Waals surface area contributed by atoms with Crippen molar-refractivity contribution in [1.29, 1.82) is 0 Å². The van der Waals surface area contributed by atoms with Crippen molar-refractivity contribution in [1.82, 2.24) is 15.6 Å². The summed E-state index contributed by atoms with van der Waals surface area (Å²) in [6.07, 6.45) is 3.33. The molecule has 0 radical (unpaired) electrons. The van der Waals surface area contributed by atoms with Gasteiger partial charge in [0.1, 0.15) is 12.1 Å². The number of hydrogen-bond acceptors (Lipinski definition) is 4. The summed E-state index contributed by atoms with van der Waals surface area (Å²) in [4.78, 5) is 43.1. The number of aromatic nitrogens is 1. The van der Waals surface area contributed by atoms with E-state index in [0.717, 1.165) is 16.3 Å². The van der Waals surface area contributed by atoms with Gasteiger partial charge in [0.25, 0.3) is 5.91 Å². The maximum Gasteiger partial charge on any atom is 0.252 e. The highest BCUT2D eigenvalue weighted by molar-refractivity contribution is 6.30. The first kappa shape index (κ1) is 24.9. The van der Waals surface area contributed by atoms with Crippen molar-refractivity contribution in [3.05, 3.63) is 107 Å². The number of benzene rings is 3. The van der Waals surface area contributed by atoms with E-state index >= 15 is 0 Å². The lowest BCUT2D eigenvalue weighted by Crippen LogP contribution is -2.52. The van der Waals surface area contributed by atoms with Crippen LogP contribution in [-0.2, 0) is 16.0 Å². The Balaban J connectivity index is 1.52. The quantitative estimate of drug-likeness (QED) is 0.334. The average Bonchev–Trinajstić information content (AvgIpc) is 2.89. The fourth-order valence-corrected chi connectivity index (χ4v) is 3.92. The fraction of sp³-hybridized carbons (Fsp3) is 0.143. The second-order valence-electron chi connectivity index (χ2n) is 8.34. The number of pyridine rings is 1. The van der Waals surface area contributed by atoms with Gasteiger partial charge < -0.3 is 16.0 Å². The van der Waals surface area contributed by atoms with E-state index in [1.54, 1.807) is 61.7 Å². The van der Waals surface area contributed by atoms with Gasteiger partial charge in [-0.25, -0.2) is 0 Å². The lowest BCUT2D eigenvalue weighted by molar-refractivity contribution is -0.127. The minimum atomic E-state index is -0.925. The molecule has 3 N–H and O–H groups in total. The third-order valence-corrected chi connectivity index (χ3v) is 5.94. The molecule has 7 nitrogen and oxygen atoms in total. The van der Waals surface area contributed by atoms with Crippen molar-refractivity contribution in [3.8, 4) is 0 Å². The summed E-state index contributed by atoms with van der Waals surface area (Å²) in [5.74, 6) is -1.26. The van der Waals surface area contributed by atoms with Crippen molar-refractivity contribution >= 4 is 45.8 Å². The molecule has 0 bridgehead atoms. The Hall–Kier alpha value is -4.23. The Bertz CT molecular complexity index is 1370. The fourth-order valence-electron chi connectivity index (χ4n) is 3.79. The van der Waals surface area contributed by atoms with Gasteiger partial charge in [0.05, 0.1) is 11.9 Å². The van der Waals surface area contributed by atoms with Crippen LogP contribution in [0.2, 0.25) is 5.02 Å². The summed E-state index contributed by atoms with van der Waals surface area (Å²) < 4.78 is 0. The predicted octanol–water partition coefficient (Wildman–Crippen LogP) is 4.37. The van der Waals surface area contributed by atoms with E-state index in [1.807, 2.05) is 30.3 Å². The van der Waals surface area contributed by atoms with E-state index in [4.69, 9.17) is 11.6 Å². The third kappa shape index (κ3) is 6.25. The molecule has 1 heterocycles. The van der Waals surface area contributed by atoms with Crippen molar-refractivity contribution < 1.29 is 14.4 Å². The van der Waals surface area contributed by atoms with E-state index in [1.165, 1.54) is 6.20 Å². The molecule has 0 aliphatic rings. The zero-order valence-corrected chi connectivity index (χ0v) is 20.3. The van der Waals surface area contributed by atoms with Gasteiger partial charge in [-0.15, -0.1) is 0 Å². The number of nitrogens with zero attached hydrogens (tertiary/aromatic N) is 1. The molecule has 0 saturated heterocycles. The second kappa shape index (κ2) is 11.5. The number of carbonyl (C=O) groups excluding carboxylic acids is 3. The van der Waals surface area contributed by atoms with Crippen LogP contribution >= 0.6 is 11.6 Å². The first-order chi connectivity index (χ1) is 17.4. The zero-order chi connectivity index (χ0) is 25.5. The molecular formula is C28H25ClN4O3. The molecule has 4 aromatic rings. The zero-order valence-electron chi connectivity index (χ0n) is 19.6. The van der Waals surface area contributed by atoms with Crippen LogP contribution in [0.15, 0.2) is 91.3 Å². The smallest absolute Gasteiger partial charge is 0.252 e. The van der Waals surface area contributed by atoms with Crippen LogP contribution in [0.5, 0.6) is 0 Å². The summed E-state index contributed by atoms with van der Waals surface area (Å²) in [5.41, 5.74) is 1.79. The van der Waals surface area contributed by atoms with Gasteiger partial charge in [-0.3, -0.25) is 19.4 Å². The first-order valence-electron chi connectivity index (χ1n) is 11.4. The highest BCUT2D eigenvalue weighted by Crippen LogP contribution is 2.19. The van der Waals surface area contributed by atoms with Crippen LogP contribution in [0.3, 0.4) is 0 Å². The van der Waals surface area contributed by atoms with Crippen molar-refractivity contribution in [3.63, 3.8) is 0 Å². The summed E-state index contributed by atoms with van der Waals surface area (Å²) in [6, 6.07) is 21.7. The monoisotopic (exact) mass is 500 g/mol. The lowest BCUT2D eigenvalue weighted by Gasteiger charge is -2.22. The molecule has 0 fully saturated rings. The van der Waals surface area contributed by atoms with Gasteiger partial charge in [0.2, 0.25) is 11.8 Å². The predicted molar refractivity (Wildman–Crippen MR) is 141 cm³/mol. The molecule has 0 saturated carbocycles. The molecule has 8 heteroatoms. The second-order valence-corrected chi connectivity index (χ2v) is 8.78. The molecule has 0 spiro atoms. The molecule has 0 aliphatic heterocycles.